The lowest BCUT2D eigenvalue weighted by atomic mass is 10.2. The van der Waals surface area contributed by atoms with Crippen LogP contribution in [0.15, 0.2) is 56.7 Å². The van der Waals surface area contributed by atoms with Gasteiger partial charge >= 0.3 is 0 Å². The van der Waals surface area contributed by atoms with E-state index in [1.807, 2.05) is 12.1 Å². The van der Waals surface area contributed by atoms with Gasteiger partial charge in [0.25, 0.3) is 5.69 Å². The van der Waals surface area contributed by atoms with Gasteiger partial charge in [-0.25, -0.2) is 0 Å². The van der Waals surface area contributed by atoms with E-state index in [2.05, 4.69) is 15.9 Å². The summed E-state index contributed by atoms with van der Waals surface area (Å²) >= 11 is 4.61. The molecule has 0 aliphatic heterocycles. The minimum Gasteiger partial charge on any atom is -0.392 e. The Labute approximate surface area is 122 Å². The maximum Gasteiger partial charge on any atom is 0.283 e. The predicted molar refractivity (Wildman–Crippen MR) is 77.3 cm³/mol. The molecule has 2 aromatic carbocycles. The van der Waals surface area contributed by atoms with Gasteiger partial charge in [-0.05, 0) is 29.8 Å². The van der Waals surface area contributed by atoms with Crippen molar-refractivity contribution in [2.24, 2.45) is 0 Å². The zero-order chi connectivity index (χ0) is 13.8. The summed E-state index contributed by atoms with van der Waals surface area (Å²) < 4.78 is 0.864. The van der Waals surface area contributed by atoms with Crippen LogP contribution < -0.4 is 0 Å². The van der Waals surface area contributed by atoms with Crippen LogP contribution in [0.25, 0.3) is 0 Å². The van der Waals surface area contributed by atoms with E-state index in [1.165, 1.54) is 17.8 Å². The molecule has 4 nitrogen and oxygen atoms in total. The van der Waals surface area contributed by atoms with Gasteiger partial charge in [0.2, 0.25) is 0 Å². The number of aliphatic hydroxyl groups excluding tert-OH is 1. The van der Waals surface area contributed by atoms with Crippen LogP contribution in [0.2, 0.25) is 0 Å². The second-order valence-electron chi connectivity index (χ2n) is 3.74. The van der Waals surface area contributed by atoms with Crippen molar-refractivity contribution in [2.75, 3.05) is 0 Å². The molecule has 6 heteroatoms. The molecule has 0 radical (unpaired) electrons. The molecule has 2 rings (SSSR count). The first kappa shape index (κ1) is 14.0. The van der Waals surface area contributed by atoms with Crippen molar-refractivity contribution in [1.29, 1.82) is 0 Å². The number of rotatable bonds is 4. The zero-order valence-corrected chi connectivity index (χ0v) is 12.1. The summed E-state index contributed by atoms with van der Waals surface area (Å²) in [5, 5.41) is 20.3. The van der Waals surface area contributed by atoms with Crippen molar-refractivity contribution in [1.82, 2.24) is 0 Å². The Balaban J connectivity index is 2.39. The standard InChI is InChI=1S/C13H10BrNO3S/c14-10-5-6-12(9(7-10)8-16)19-13-4-2-1-3-11(13)15(17)18/h1-7,16H,8H2. The maximum atomic E-state index is 11.0. The van der Waals surface area contributed by atoms with E-state index in [1.54, 1.807) is 24.3 Å². The minimum absolute atomic E-state index is 0.0688. The highest BCUT2D eigenvalue weighted by Crippen LogP contribution is 2.37. The summed E-state index contributed by atoms with van der Waals surface area (Å²) in [6.45, 7) is -0.109. The number of nitrogens with zero attached hydrogens (tertiary/aromatic N) is 1. The highest BCUT2D eigenvalue weighted by molar-refractivity contribution is 9.10. The molecular weight excluding hydrogens is 330 g/mol. The molecule has 0 saturated heterocycles. The van der Waals surface area contributed by atoms with Crippen LogP contribution in [-0.4, -0.2) is 10.0 Å². The lowest BCUT2D eigenvalue weighted by Crippen LogP contribution is -1.92. The van der Waals surface area contributed by atoms with Crippen molar-refractivity contribution in [3.05, 3.63) is 62.6 Å². The van der Waals surface area contributed by atoms with Crippen molar-refractivity contribution in [3.8, 4) is 0 Å². The van der Waals surface area contributed by atoms with E-state index in [0.717, 1.165) is 14.9 Å². The Hall–Kier alpha value is -1.37. The number of nitro benzene ring substituents is 1. The van der Waals surface area contributed by atoms with Gasteiger partial charge < -0.3 is 5.11 Å². The van der Waals surface area contributed by atoms with Gasteiger partial charge in [0.1, 0.15) is 0 Å². The average molecular weight is 340 g/mol. The van der Waals surface area contributed by atoms with Crippen LogP contribution in [-0.2, 0) is 6.61 Å². The molecule has 98 valence electrons. The summed E-state index contributed by atoms with van der Waals surface area (Å²) in [4.78, 5) is 11.9. The minimum atomic E-state index is -0.403. The molecule has 0 aromatic heterocycles. The number of hydrogen-bond acceptors (Lipinski definition) is 4. The highest BCUT2D eigenvalue weighted by Gasteiger charge is 2.15. The van der Waals surface area contributed by atoms with Crippen LogP contribution in [0.3, 0.4) is 0 Å². The number of benzene rings is 2. The summed E-state index contributed by atoms with van der Waals surface area (Å²) in [7, 11) is 0. The fraction of sp³-hybridized carbons (Fsp3) is 0.0769. The Morgan fingerprint density at radius 1 is 1.21 bits per heavy atom. The van der Waals surface area contributed by atoms with Gasteiger partial charge in [0.15, 0.2) is 0 Å². The van der Waals surface area contributed by atoms with E-state index in [0.29, 0.717) is 4.90 Å². The molecule has 0 heterocycles. The van der Waals surface area contributed by atoms with Crippen LogP contribution in [0.1, 0.15) is 5.56 Å². The molecule has 0 fully saturated rings. The Morgan fingerprint density at radius 3 is 2.63 bits per heavy atom. The van der Waals surface area contributed by atoms with Gasteiger partial charge in [-0.1, -0.05) is 39.8 Å². The van der Waals surface area contributed by atoms with E-state index < -0.39 is 4.92 Å². The first-order valence-corrected chi connectivity index (χ1v) is 7.03. The highest BCUT2D eigenvalue weighted by atomic mass is 79.9. The molecule has 1 N–H and O–H groups in total. The van der Waals surface area contributed by atoms with Crippen LogP contribution in [0.5, 0.6) is 0 Å². The molecule has 0 amide bonds. The SMILES string of the molecule is O=[N+]([O-])c1ccccc1Sc1ccc(Br)cc1CO. The first-order chi connectivity index (χ1) is 9.11. The molecule has 0 aliphatic carbocycles. The molecular formula is C13H10BrNO3S. The van der Waals surface area contributed by atoms with E-state index in [9.17, 15) is 15.2 Å². The average Bonchev–Trinajstić information content (AvgIpc) is 2.41. The predicted octanol–water partition coefficient (Wildman–Crippen LogP) is 4.00. The third-order valence-electron chi connectivity index (χ3n) is 2.47. The number of hydrogen-bond donors (Lipinski definition) is 1. The Bertz CT molecular complexity index is 619. The molecule has 2 aromatic rings. The van der Waals surface area contributed by atoms with Crippen LogP contribution in [0, 0.1) is 10.1 Å². The third-order valence-corrected chi connectivity index (χ3v) is 4.15. The van der Waals surface area contributed by atoms with Crippen molar-refractivity contribution in [3.63, 3.8) is 0 Å². The fourth-order valence-corrected chi connectivity index (χ4v) is 3.01. The summed E-state index contributed by atoms with van der Waals surface area (Å²) in [6.07, 6.45) is 0. The number of aliphatic hydroxyl groups is 1. The summed E-state index contributed by atoms with van der Waals surface area (Å²) in [5.74, 6) is 0. The van der Waals surface area contributed by atoms with Crippen LogP contribution in [0.4, 0.5) is 5.69 Å². The largest absolute Gasteiger partial charge is 0.392 e. The number of nitro groups is 1. The van der Waals surface area contributed by atoms with Crippen molar-refractivity contribution >= 4 is 33.4 Å². The van der Waals surface area contributed by atoms with Gasteiger partial charge in [-0.2, -0.15) is 0 Å². The van der Waals surface area contributed by atoms with Crippen LogP contribution >= 0.6 is 27.7 Å². The lowest BCUT2D eigenvalue weighted by Gasteiger charge is -2.08. The molecule has 0 saturated carbocycles. The molecule has 0 spiro atoms. The third kappa shape index (κ3) is 3.34. The second-order valence-corrected chi connectivity index (χ2v) is 5.74. The lowest BCUT2D eigenvalue weighted by molar-refractivity contribution is -0.387. The van der Waals surface area contributed by atoms with E-state index >= 15 is 0 Å². The molecule has 0 aliphatic rings. The zero-order valence-electron chi connectivity index (χ0n) is 9.75. The molecule has 0 bridgehead atoms. The van der Waals surface area contributed by atoms with Gasteiger partial charge in [0, 0.05) is 15.4 Å². The smallest absolute Gasteiger partial charge is 0.283 e. The second kappa shape index (κ2) is 6.18. The Kier molecular flexibility index (Phi) is 4.57. The number of para-hydroxylation sites is 1. The van der Waals surface area contributed by atoms with Crippen molar-refractivity contribution in [2.45, 2.75) is 16.4 Å². The summed E-state index contributed by atoms with van der Waals surface area (Å²) in [6, 6.07) is 12.0. The first-order valence-electron chi connectivity index (χ1n) is 5.42. The molecule has 19 heavy (non-hydrogen) atoms. The topological polar surface area (TPSA) is 63.4 Å². The van der Waals surface area contributed by atoms with Gasteiger partial charge in [-0.3, -0.25) is 10.1 Å². The maximum absolute atomic E-state index is 11.0. The monoisotopic (exact) mass is 339 g/mol. The molecule has 0 atom stereocenters. The van der Waals surface area contributed by atoms with Crippen molar-refractivity contribution < 1.29 is 10.0 Å². The fourth-order valence-electron chi connectivity index (χ4n) is 1.58. The van der Waals surface area contributed by atoms with E-state index in [4.69, 9.17) is 0 Å². The van der Waals surface area contributed by atoms with Gasteiger partial charge in [0.05, 0.1) is 16.4 Å². The van der Waals surface area contributed by atoms with Gasteiger partial charge in [-0.15, -0.1) is 0 Å². The quantitative estimate of drug-likeness (QED) is 0.675. The Morgan fingerprint density at radius 2 is 1.95 bits per heavy atom. The number of halogens is 1. The molecule has 0 unspecified atom stereocenters. The summed E-state index contributed by atoms with van der Waals surface area (Å²) in [5.41, 5.74) is 0.803. The normalized spacial score (nSPS) is 10.4. The van der Waals surface area contributed by atoms with E-state index in [-0.39, 0.29) is 12.3 Å².